The number of aromatic nitrogens is 2. The molecule has 1 saturated heterocycles. The monoisotopic (exact) mass is 452 g/mol. The molecule has 172 valence electrons. The van der Waals surface area contributed by atoms with Gasteiger partial charge in [0, 0.05) is 64.4 Å². The van der Waals surface area contributed by atoms with Gasteiger partial charge in [-0.3, -0.25) is 0 Å². The Morgan fingerprint density at radius 2 is 1.72 bits per heavy atom. The van der Waals surface area contributed by atoms with Crippen molar-refractivity contribution in [2.24, 2.45) is 0 Å². The molecule has 0 N–H and O–H groups in total. The maximum atomic E-state index is 5.92. The van der Waals surface area contributed by atoms with Gasteiger partial charge in [0.1, 0.15) is 11.3 Å². The molecule has 1 fully saturated rings. The highest BCUT2D eigenvalue weighted by Gasteiger charge is 2.16. The summed E-state index contributed by atoms with van der Waals surface area (Å²) in [6.07, 6.45) is 3.83. The Hall–Kier alpha value is -2.35. The first-order chi connectivity index (χ1) is 15.4. The lowest BCUT2D eigenvalue weighted by atomic mass is 10.1. The average Bonchev–Trinajstić information content (AvgIpc) is 3.23. The molecule has 0 atom stereocenters. The molecule has 6 nitrogen and oxygen atoms in total. The lowest BCUT2D eigenvalue weighted by Gasteiger charge is -2.35. The molecule has 2 aromatic heterocycles. The Morgan fingerprint density at radius 1 is 0.969 bits per heavy atom. The van der Waals surface area contributed by atoms with E-state index in [-0.39, 0.29) is 6.79 Å². The highest BCUT2D eigenvalue weighted by molar-refractivity contribution is 6.76. The number of anilines is 1. The lowest BCUT2D eigenvalue weighted by Crippen LogP contribution is -2.46. The van der Waals surface area contributed by atoms with E-state index in [1.54, 1.807) is 6.20 Å². The van der Waals surface area contributed by atoms with Crippen LogP contribution in [0.4, 0.5) is 5.69 Å². The van der Waals surface area contributed by atoms with Crippen LogP contribution in [-0.2, 0) is 4.74 Å². The van der Waals surface area contributed by atoms with Crippen LogP contribution in [0.15, 0.2) is 48.8 Å². The fourth-order valence-electron chi connectivity index (χ4n) is 4.00. The van der Waals surface area contributed by atoms with E-state index in [9.17, 15) is 0 Å². The summed E-state index contributed by atoms with van der Waals surface area (Å²) in [6, 6.07) is 14.1. The van der Waals surface area contributed by atoms with E-state index >= 15 is 0 Å². The van der Waals surface area contributed by atoms with Crippen LogP contribution >= 0.6 is 0 Å². The average molecular weight is 453 g/mol. The molecule has 0 spiro atoms. The van der Waals surface area contributed by atoms with Crippen LogP contribution in [0.25, 0.3) is 16.6 Å². The van der Waals surface area contributed by atoms with Gasteiger partial charge in [-0.15, -0.1) is 0 Å². The molecule has 0 unspecified atom stereocenters. The van der Waals surface area contributed by atoms with E-state index in [1.165, 1.54) is 11.3 Å². The first-order valence-corrected chi connectivity index (χ1v) is 15.4. The molecule has 1 aliphatic heterocycles. The predicted octanol–water partition coefficient (Wildman–Crippen LogP) is 4.83. The number of hydrogen-bond donors (Lipinski definition) is 0. The third-order valence-corrected chi connectivity index (χ3v) is 7.85. The van der Waals surface area contributed by atoms with Crippen molar-refractivity contribution >= 4 is 19.3 Å². The molecular weight excluding hydrogens is 416 g/mol. The summed E-state index contributed by atoms with van der Waals surface area (Å²) in [5.74, 6) is 0.796. The zero-order valence-corrected chi connectivity index (χ0v) is 20.9. The summed E-state index contributed by atoms with van der Waals surface area (Å²) in [5, 5.41) is 4.46. The maximum Gasteiger partial charge on any atom is 0.189 e. The first-order valence-electron chi connectivity index (χ1n) is 11.7. The Balaban J connectivity index is 1.41. The van der Waals surface area contributed by atoms with Crippen molar-refractivity contribution in [2.45, 2.75) is 32.6 Å². The summed E-state index contributed by atoms with van der Waals surface area (Å²) in [7, 11) is -1.08. The molecule has 0 saturated carbocycles. The number of nitrogens with zero attached hydrogens (tertiary/aromatic N) is 4. The third-order valence-electron chi connectivity index (χ3n) is 6.15. The standard InChI is InChI=1S/C25H36N4O2Si/c1-5-27-12-14-28(15-13-27)23-8-6-21(7-9-23)22-18-24-25(10-11-26-29(24)19-22)31-20-30-16-17-32(2,3)4/h6-11,18-19H,5,12-17,20H2,1-4H3. The number of hydrogen-bond acceptors (Lipinski definition) is 5. The van der Waals surface area contributed by atoms with Gasteiger partial charge in [0.2, 0.25) is 0 Å². The van der Waals surface area contributed by atoms with Crippen LogP contribution in [0.5, 0.6) is 5.75 Å². The minimum Gasteiger partial charge on any atom is -0.465 e. The van der Waals surface area contributed by atoms with Crippen molar-refractivity contribution in [3.05, 3.63) is 48.8 Å². The van der Waals surface area contributed by atoms with E-state index in [2.05, 4.69) is 78.0 Å². The zero-order chi connectivity index (χ0) is 22.6. The summed E-state index contributed by atoms with van der Waals surface area (Å²) < 4.78 is 13.5. The Morgan fingerprint density at radius 3 is 2.41 bits per heavy atom. The number of piperazine rings is 1. The van der Waals surface area contributed by atoms with Gasteiger partial charge < -0.3 is 19.3 Å². The molecule has 3 heterocycles. The molecular formula is C25H36N4O2Si. The molecule has 1 aliphatic rings. The predicted molar refractivity (Wildman–Crippen MR) is 135 cm³/mol. The highest BCUT2D eigenvalue weighted by Crippen LogP contribution is 2.29. The van der Waals surface area contributed by atoms with Gasteiger partial charge in [0.15, 0.2) is 6.79 Å². The van der Waals surface area contributed by atoms with Crippen LogP contribution in [0.2, 0.25) is 25.7 Å². The second-order valence-electron chi connectivity index (χ2n) is 9.70. The molecule has 0 amide bonds. The van der Waals surface area contributed by atoms with Gasteiger partial charge in [-0.2, -0.15) is 5.10 Å². The fraction of sp³-hybridized carbons (Fsp3) is 0.480. The van der Waals surface area contributed by atoms with Crippen LogP contribution in [0.3, 0.4) is 0 Å². The minimum absolute atomic E-state index is 0.269. The number of ether oxygens (including phenoxy) is 2. The second kappa shape index (κ2) is 10.1. The second-order valence-corrected chi connectivity index (χ2v) is 15.3. The SMILES string of the molecule is CCN1CCN(c2ccc(-c3cc4c(OCOCC[Si](C)(C)C)ccnn4c3)cc2)CC1. The van der Waals surface area contributed by atoms with E-state index in [1.807, 2.05) is 10.6 Å². The van der Waals surface area contributed by atoms with E-state index in [0.29, 0.717) is 0 Å². The third kappa shape index (κ3) is 5.71. The maximum absolute atomic E-state index is 5.92. The number of fused-ring (bicyclic) bond motifs is 1. The summed E-state index contributed by atoms with van der Waals surface area (Å²) in [6.45, 7) is 15.9. The van der Waals surface area contributed by atoms with Crippen molar-refractivity contribution in [1.82, 2.24) is 14.5 Å². The number of benzene rings is 1. The Kier molecular flexibility index (Phi) is 7.18. The molecule has 3 aromatic rings. The van der Waals surface area contributed by atoms with E-state index in [4.69, 9.17) is 9.47 Å². The van der Waals surface area contributed by atoms with Crippen molar-refractivity contribution < 1.29 is 9.47 Å². The van der Waals surface area contributed by atoms with Crippen LogP contribution in [0, 0.1) is 0 Å². The van der Waals surface area contributed by atoms with Crippen molar-refractivity contribution in [2.75, 3.05) is 51.0 Å². The van der Waals surface area contributed by atoms with Crippen LogP contribution in [-0.4, -0.2) is 68.7 Å². The smallest absolute Gasteiger partial charge is 0.189 e. The molecule has 7 heteroatoms. The van der Waals surface area contributed by atoms with Crippen molar-refractivity contribution in [1.29, 1.82) is 0 Å². The van der Waals surface area contributed by atoms with Crippen LogP contribution < -0.4 is 9.64 Å². The summed E-state index contributed by atoms with van der Waals surface area (Å²) in [4.78, 5) is 4.98. The van der Waals surface area contributed by atoms with Gasteiger partial charge >= 0.3 is 0 Å². The quantitative estimate of drug-likeness (QED) is 0.264. The van der Waals surface area contributed by atoms with Gasteiger partial charge in [0.25, 0.3) is 0 Å². The lowest BCUT2D eigenvalue weighted by molar-refractivity contribution is 0.0227. The first kappa shape index (κ1) is 22.8. The van der Waals surface area contributed by atoms with E-state index < -0.39 is 8.07 Å². The Labute approximate surface area is 192 Å². The molecule has 0 aliphatic carbocycles. The molecule has 4 rings (SSSR count). The normalized spacial score (nSPS) is 15.4. The van der Waals surface area contributed by atoms with Gasteiger partial charge in [-0.1, -0.05) is 38.7 Å². The highest BCUT2D eigenvalue weighted by atomic mass is 28.3. The summed E-state index contributed by atoms with van der Waals surface area (Å²) >= 11 is 0. The zero-order valence-electron chi connectivity index (χ0n) is 19.9. The summed E-state index contributed by atoms with van der Waals surface area (Å²) in [5.41, 5.74) is 4.57. The van der Waals surface area contributed by atoms with Crippen molar-refractivity contribution in [3.63, 3.8) is 0 Å². The molecule has 32 heavy (non-hydrogen) atoms. The molecule has 1 aromatic carbocycles. The number of likely N-dealkylation sites (N-methyl/N-ethyl adjacent to an activating group) is 1. The fourth-order valence-corrected chi connectivity index (χ4v) is 4.76. The molecule has 0 radical (unpaired) electrons. The number of rotatable bonds is 9. The van der Waals surface area contributed by atoms with Gasteiger partial charge in [-0.25, -0.2) is 4.52 Å². The Bertz CT molecular complexity index is 1000. The van der Waals surface area contributed by atoms with E-state index in [0.717, 1.165) is 62.2 Å². The minimum atomic E-state index is -1.08. The molecule has 0 bridgehead atoms. The van der Waals surface area contributed by atoms with Crippen LogP contribution in [0.1, 0.15) is 6.92 Å². The van der Waals surface area contributed by atoms with Crippen molar-refractivity contribution in [3.8, 4) is 16.9 Å². The van der Waals surface area contributed by atoms with Gasteiger partial charge in [-0.05, 0) is 36.4 Å². The topological polar surface area (TPSA) is 42.2 Å². The largest absolute Gasteiger partial charge is 0.465 e. The van der Waals surface area contributed by atoms with Gasteiger partial charge in [0.05, 0.1) is 6.20 Å².